The summed E-state index contributed by atoms with van der Waals surface area (Å²) in [5, 5.41) is 12.1. The molecule has 3 atom stereocenters. The molecule has 1 aromatic heterocycles. The smallest absolute Gasteiger partial charge is 0.328 e. The summed E-state index contributed by atoms with van der Waals surface area (Å²) >= 11 is 1.07. The predicted octanol–water partition coefficient (Wildman–Crippen LogP) is -0.720. The molecule has 0 bridgehead atoms. The van der Waals surface area contributed by atoms with Crippen molar-refractivity contribution in [3.63, 3.8) is 0 Å². The summed E-state index contributed by atoms with van der Waals surface area (Å²) < 4.78 is 22.9. The van der Waals surface area contributed by atoms with E-state index in [0.717, 1.165) is 23.2 Å². The molecule has 2 fully saturated rings. The number of anilines is 1. The third-order valence-corrected chi connectivity index (χ3v) is 7.42. The Hall–Kier alpha value is -2.01. The molecule has 0 saturated carbocycles. The molecule has 2 N–H and O–H groups in total. The van der Waals surface area contributed by atoms with E-state index in [4.69, 9.17) is 0 Å². The molecule has 0 spiro atoms. The van der Waals surface area contributed by atoms with Gasteiger partial charge in [-0.3, -0.25) is 9.59 Å². The van der Waals surface area contributed by atoms with Crippen molar-refractivity contribution in [2.24, 2.45) is 0 Å². The molecule has 3 heterocycles. The molecule has 0 radical (unpaired) electrons. The van der Waals surface area contributed by atoms with E-state index in [0.29, 0.717) is 0 Å². The van der Waals surface area contributed by atoms with E-state index in [1.807, 2.05) is 0 Å². The van der Waals surface area contributed by atoms with Crippen LogP contribution in [0.4, 0.5) is 5.13 Å². The fraction of sp³-hybridized carbons (Fsp3) is 0.455. The van der Waals surface area contributed by atoms with Gasteiger partial charge < -0.3 is 15.3 Å². The first-order valence-corrected chi connectivity index (χ1v) is 8.62. The van der Waals surface area contributed by atoms with Gasteiger partial charge in [-0.05, 0) is 6.92 Å². The van der Waals surface area contributed by atoms with Crippen LogP contribution in [-0.2, 0) is 24.2 Å². The Balaban J connectivity index is 2.06. The van der Waals surface area contributed by atoms with E-state index < -0.39 is 43.8 Å². The van der Waals surface area contributed by atoms with Gasteiger partial charge in [0, 0.05) is 11.6 Å². The van der Waals surface area contributed by atoms with E-state index in [9.17, 15) is 27.9 Å². The molecule has 2 aliphatic heterocycles. The van der Waals surface area contributed by atoms with Crippen molar-refractivity contribution in [2.75, 3.05) is 5.32 Å². The van der Waals surface area contributed by atoms with Crippen LogP contribution < -0.4 is 5.32 Å². The summed E-state index contributed by atoms with van der Waals surface area (Å²) in [5.74, 6) is -3.13. The summed E-state index contributed by atoms with van der Waals surface area (Å²) in [4.78, 5) is 40.1. The fourth-order valence-corrected chi connectivity index (χ4v) is 5.61. The number of fused-ring (bicyclic) bond motifs is 1. The second kappa shape index (κ2) is 4.49. The minimum absolute atomic E-state index is 0.158. The molecule has 3 rings (SSSR count). The van der Waals surface area contributed by atoms with Crippen molar-refractivity contribution in [3.05, 3.63) is 11.6 Å². The zero-order valence-electron chi connectivity index (χ0n) is 11.2. The molecular weight excluding hydrogens is 334 g/mol. The van der Waals surface area contributed by atoms with Gasteiger partial charge in [0.05, 0.1) is 6.42 Å². The molecule has 22 heavy (non-hydrogen) atoms. The Morgan fingerprint density at radius 2 is 2.23 bits per heavy atom. The lowest BCUT2D eigenvalue weighted by atomic mass is 9.95. The average molecular weight is 345 g/mol. The molecule has 2 aliphatic rings. The summed E-state index contributed by atoms with van der Waals surface area (Å²) in [6, 6.07) is -1.75. The normalized spacial score (nSPS) is 32.2. The molecule has 1 aromatic rings. The van der Waals surface area contributed by atoms with Gasteiger partial charge in [-0.1, -0.05) is 0 Å². The van der Waals surface area contributed by atoms with Crippen LogP contribution in [0.5, 0.6) is 0 Å². The minimum atomic E-state index is -4.17. The Morgan fingerprint density at radius 3 is 2.73 bits per heavy atom. The number of amides is 2. The number of carbonyl (C=O) groups is 3. The highest BCUT2D eigenvalue weighted by Crippen LogP contribution is 2.46. The van der Waals surface area contributed by atoms with Crippen molar-refractivity contribution < 1.29 is 27.9 Å². The lowest BCUT2D eigenvalue weighted by Gasteiger charge is -2.35. The summed E-state index contributed by atoms with van der Waals surface area (Å²) in [6.45, 7) is 1.04. The molecule has 9 nitrogen and oxygen atoms in total. The van der Waals surface area contributed by atoms with E-state index >= 15 is 0 Å². The standard InChI is InChI=1S/C11H11N3O6S2/c1-11(9(18)13-10-12-2-3-21-10)7(8(16)17)14-5(15)4-6(14)22(11,19)20/h2-3,6-7H,4H2,1H3,(H,16,17)(H,12,13,18)/t6-,7+,11-/m1/s1. The first kappa shape index (κ1) is 14.9. The number of sulfone groups is 1. The maximum atomic E-state index is 12.6. The number of nitrogens with one attached hydrogen (secondary N) is 1. The van der Waals surface area contributed by atoms with Crippen LogP contribution in [-0.4, -0.2) is 57.4 Å². The van der Waals surface area contributed by atoms with Crippen LogP contribution >= 0.6 is 11.3 Å². The van der Waals surface area contributed by atoms with Crippen molar-refractivity contribution in [1.29, 1.82) is 0 Å². The van der Waals surface area contributed by atoms with Crippen LogP contribution in [0.3, 0.4) is 0 Å². The quantitative estimate of drug-likeness (QED) is 0.690. The average Bonchev–Trinajstić information content (AvgIpc) is 2.96. The van der Waals surface area contributed by atoms with Gasteiger partial charge in [0.25, 0.3) is 0 Å². The number of hydrogen-bond donors (Lipinski definition) is 2. The maximum absolute atomic E-state index is 12.6. The third-order valence-electron chi connectivity index (χ3n) is 4.03. The molecule has 2 saturated heterocycles. The second-order valence-electron chi connectivity index (χ2n) is 5.14. The van der Waals surface area contributed by atoms with Crippen LogP contribution in [0.1, 0.15) is 13.3 Å². The highest BCUT2D eigenvalue weighted by Gasteiger charge is 2.73. The number of nitrogens with zero attached hydrogens (tertiary/aromatic N) is 2. The summed E-state index contributed by atoms with van der Waals surface area (Å²) in [7, 11) is -4.17. The highest BCUT2D eigenvalue weighted by molar-refractivity contribution is 7.94. The number of carbonyl (C=O) groups excluding carboxylic acids is 2. The fourth-order valence-electron chi connectivity index (χ4n) is 2.79. The predicted molar refractivity (Wildman–Crippen MR) is 74.7 cm³/mol. The van der Waals surface area contributed by atoms with Crippen LogP contribution in [0.25, 0.3) is 0 Å². The number of thiazole rings is 1. The van der Waals surface area contributed by atoms with Gasteiger partial charge in [-0.2, -0.15) is 0 Å². The van der Waals surface area contributed by atoms with Crippen LogP contribution in [0.15, 0.2) is 11.6 Å². The second-order valence-corrected chi connectivity index (χ2v) is 8.52. The monoisotopic (exact) mass is 345 g/mol. The number of aliphatic carboxylic acids is 1. The maximum Gasteiger partial charge on any atom is 0.328 e. The summed E-state index contributed by atoms with van der Waals surface area (Å²) in [5.41, 5.74) is 0. The summed E-state index contributed by atoms with van der Waals surface area (Å²) in [6.07, 6.45) is 1.11. The third kappa shape index (κ3) is 1.66. The molecule has 118 valence electrons. The van der Waals surface area contributed by atoms with E-state index in [1.54, 1.807) is 5.38 Å². The molecule has 0 unspecified atom stereocenters. The Kier molecular flexibility index (Phi) is 3.04. The van der Waals surface area contributed by atoms with Gasteiger partial charge in [-0.15, -0.1) is 11.3 Å². The van der Waals surface area contributed by atoms with Gasteiger partial charge in [0.1, 0.15) is 5.37 Å². The first-order valence-electron chi connectivity index (χ1n) is 6.19. The van der Waals surface area contributed by atoms with E-state index in [-0.39, 0.29) is 11.6 Å². The SMILES string of the molecule is C[C@]1(C(=O)Nc2nccs2)[C@H](C(=O)O)N2C(=O)C[C@H]2S1(=O)=O. The zero-order chi connectivity index (χ0) is 16.3. The number of hydrogen-bond acceptors (Lipinski definition) is 7. The Morgan fingerprint density at radius 1 is 1.55 bits per heavy atom. The molecule has 0 aromatic carbocycles. The molecular formula is C11H11N3O6S2. The number of aromatic nitrogens is 1. The van der Waals surface area contributed by atoms with Crippen molar-refractivity contribution in [2.45, 2.75) is 29.5 Å². The van der Waals surface area contributed by atoms with E-state index in [1.165, 1.54) is 6.20 Å². The topological polar surface area (TPSA) is 134 Å². The van der Waals surface area contributed by atoms with Crippen molar-refractivity contribution in [1.82, 2.24) is 9.88 Å². The Bertz CT molecular complexity index is 774. The van der Waals surface area contributed by atoms with Crippen molar-refractivity contribution in [3.8, 4) is 0 Å². The zero-order valence-corrected chi connectivity index (χ0v) is 12.8. The Labute approximate surface area is 128 Å². The lowest BCUT2D eigenvalue weighted by molar-refractivity contribution is -0.158. The number of β-lactam (4-membered cyclic amide) rings is 1. The van der Waals surface area contributed by atoms with E-state index in [2.05, 4.69) is 10.3 Å². The van der Waals surface area contributed by atoms with Crippen molar-refractivity contribution >= 4 is 44.1 Å². The number of carboxylic acid groups (broad SMARTS) is 1. The number of carboxylic acids is 1. The van der Waals surface area contributed by atoms with Gasteiger partial charge in [0.15, 0.2) is 25.8 Å². The molecule has 11 heteroatoms. The molecule has 2 amide bonds. The van der Waals surface area contributed by atoms with Gasteiger partial charge in [-0.25, -0.2) is 18.2 Å². The first-order chi connectivity index (χ1) is 10.2. The van der Waals surface area contributed by atoms with Gasteiger partial charge >= 0.3 is 5.97 Å². The highest BCUT2D eigenvalue weighted by atomic mass is 32.2. The van der Waals surface area contributed by atoms with Gasteiger partial charge in [0.2, 0.25) is 11.8 Å². The lowest BCUT2D eigenvalue weighted by Crippen LogP contribution is -2.59. The number of rotatable bonds is 3. The van der Waals surface area contributed by atoms with Crippen LogP contribution in [0, 0.1) is 0 Å². The minimum Gasteiger partial charge on any atom is -0.480 e. The molecule has 0 aliphatic carbocycles. The largest absolute Gasteiger partial charge is 0.480 e. The van der Waals surface area contributed by atoms with Crippen LogP contribution in [0.2, 0.25) is 0 Å².